The van der Waals surface area contributed by atoms with Crippen LogP contribution in [-0.2, 0) is 4.74 Å². The van der Waals surface area contributed by atoms with Crippen LogP contribution in [0.1, 0.15) is 25.7 Å². The van der Waals surface area contributed by atoms with E-state index in [-0.39, 0.29) is 23.2 Å². The summed E-state index contributed by atoms with van der Waals surface area (Å²) in [6, 6.07) is 4.85. The Morgan fingerprint density at radius 2 is 2.04 bits per heavy atom. The zero-order valence-electron chi connectivity index (χ0n) is 12.9. The van der Waals surface area contributed by atoms with Gasteiger partial charge in [0.2, 0.25) is 0 Å². The number of carbonyl (C=O) groups is 1. The Labute approximate surface area is 133 Å². The second-order valence-electron chi connectivity index (χ2n) is 6.20. The van der Waals surface area contributed by atoms with E-state index < -0.39 is 11.0 Å². The van der Waals surface area contributed by atoms with Crippen LogP contribution in [0.4, 0.5) is 21.9 Å². The summed E-state index contributed by atoms with van der Waals surface area (Å²) in [5.74, 6) is 0. The molecule has 2 unspecified atom stereocenters. The third kappa shape index (κ3) is 3.21. The Kier molecular flexibility index (Phi) is 4.08. The van der Waals surface area contributed by atoms with Crippen LogP contribution < -0.4 is 11.1 Å². The molecule has 1 aromatic rings. The number of nitro groups is 1. The molecule has 2 atom stereocenters. The summed E-state index contributed by atoms with van der Waals surface area (Å²) in [6.07, 6.45) is 3.19. The van der Waals surface area contributed by atoms with Crippen molar-refractivity contribution in [2.45, 2.75) is 43.9 Å². The van der Waals surface area contributed by atoms with Crippen LogP contribution in [0.2, 0.25) is 0 Å². The molecule has 1 aromatic carbocycles. The number of fused-ring (bicyclic) bond motifs is 2. The predicted octanol–water partition coefficient (Wildman–Crippen LogP) is 2.35. The monoisotopic (exact) mass is 320 g/mol. The van der Waals surface area contributed by atoms with Crippen LogP contribution in [0.3, 0.4) is 0 Å². The number of amides is 1. The van der Waals surface area contributed by atoms with Gasteiger partial charge in [-0.3, -0.25) is 15.4 Å². The SMILES string of the molecule is CN1C2CCC1CC(OC(=O)Nc1cc([N+](=O)[O-])ccc1N)C2. The van der Waals surface area contributed by atoms with E-state index in [4.69, 9.17) is 10.5 Å². The van der Waals surface area contributed by atoms with Crippen molar-refractivity contribution in [3.63, 3.8) is 0 Å². The minimum atomic E-state index is -0.619. The lowest BCUT2D eigenvalue weighted by Crippen LogP contribution is -2.43. The molecule has 1 amide bonds. The maximum atomic E-state index is 12.1. The second-order valence-corrected chi connectivity index (χ2v) is 6.20. The molecular weight excluding hydrogens is 300 g/mol. The number of non-ortho nitro benzene ring substituents is 1. The third-order valence-electron chi connectivity index (χ3n) is 4.81. The predicted molar refractivity (Wildman–Crippen MR) is 85.2 cm³/mol. The van der Waals surface area contributed by atoms with Gasteiger partial charge >= 0.3 is 6.09 Å². The number of hydrogen-bond acceptors (Lipinski definition) is 6. The molecule has 8 heteroatoms. The molecule has 2 bridgehead atoms. The van der Waals surface area contributed by atoms with Gasteiger partial charge in [-0.25, -0.2) is 4.79 Å². The number of ether oxygens (including phenoxy) is 1. The van der Waals surface area contributed by atoms with E-state index in [0.29, 0.717) is 12.1 Å². The number of nitrogens with zero attached hydrogens (tertiary/aromatic N) is 2. The van der Waals surface area contributed by atoms with E-state index in [1.165, 1.54) is 18.2 Å². The molecule has 0 spiro atoms. The quantitative estimate of drug-likeness (QED) is 0.502. The van der Waals surface area contributed by atoms with E-state index in [1.807, 2.05) is 0 Å². The zero-order valence-corrected chi connectivity index (χ0v) is 12.9. The number of carbonyl (C=O) groups excluding carboxylic acids is 1. The van der Waals surface area contributed by atoms with Gasteiger partial charge in [-0.05, 0) is 26.0 Å². The highest BCUT2D eigenvalue weighted by molar-refractivity contribution is 5.89. The average Bonchev–Trinajstić information content (AvgIpc) is 2.72. The molecule has 2 saturated heterocycles. The van der Waals surface area contributed by atoms with Crippen LogP contribution in [0.15, 0.2) is 18.2 Å². The number of nitrogens with one attached hydrogen (secondary N) is 1. The van der Waals surface area contributed by atoms with Crippen molar-refractivity contribution in [1.29, 1.82) is 0 Å². The Morgan fingerprint density at radius 3 is 2.65 bits per heavy atom. The number of anilines is 2. The Morgan fingerprint density at radius 1 is 1.39 bits per heavy atom. The van der Waals surface area contributed by atoms with Gasteiger partial charge in [0.1, 0.15) is 6.10 Å². The van der Waals surface area contributed by atoms with Gasteiger partial charge < -0.3 is 15.4 Å². The smallest absolute Gasteiger partial charge is 0.411 e. The fourth-order valence-corrected chi connectivity index (χ4v) is 3.51. The second kappa shape index (κ2) is 6.04. The van der Waals surface area contributed by atoms with Gasteiger partial charge in [-0.1, -0.05) is 0 Å². The van der Waals surface area contributed by atoms with E-state index >= 15 is 0 Å². The van der Waals surface area contributed by atoms with Crippen LogP contribution >= 0.6 is 0 Å². The first-order chi connectivity index (χ1) is 10.9. The molecule has 0 aromatic heterocycles. The maximum absolute atomic E-state index is 12.1. The lowest BCUT2D eigenvalue weighted by Gasteiger charge is -2.35. The van der Waals surface area contributed by atoms with Crippen molar-refractivity contribution >= 4 is 23.2 Å². The molecule has 3 rings (SSSR count). The van der Waals surface area contributed by atoms with Gasteiger partial charge in [0.15, 0.2) is 0 Å². The van der Waals surface area contributed by atoms with Crippen molar-refractivity contribution in [3.05, 3.63) is 28.3 Å². The minimum absolute atomic E-state index is 0.122. The normalized spacial score (nSPS) is 26.7. The van der Waals surface area contributed by atoms with Crippen molar-refractivity contribution in [3.8, 4) is 0 Å². The molecular formula is C15H20N4O4. The molecule has 23 heavy (non-hydrogen) atoms. The molecule has 2 aliphatic rings. The fourth-order valence-electron chi connectivity index (χ4n) is 3.51. The highest BCUT2D eigenvalue weighted by Crippen LogP contribution is 2.35. The summed E-state index contributed by atoms with van der Waals surface area (Å²) in [4.78, 5) is 24.7. The van der Waals surface area contributed by atoms with Crippen LogP contribution in [-0.4, -0.2) is 41.2 Å². The summed E-state index contributed by atoms with van der Waals surface area (Å²) >= 11 is 0. The summed E-state index contributed by atoms with van der Waals surface area (Å²) in [5, 5.41) is 13.3. The Bertz CT molecular complexity index is 622. The molecule has 3 N–H and O–H groups in total. The molecule has 2 aliphatic heterocycles. The standard InChI is InChI=1S/C15H20N4O4/c1-18-9-2-3-10(18)7-12(6-9)23-15(20)17-14-8-11(19(21)22)4-5-13(14)16/h4-5,8-10,12H,2-3,6-7,16H2,1H3,(H,17,20). The Hall–Kier alpha value is -2.35. The minimum Gasteiger partial charge on any atom is -0.446 e. The number of nitrogens with two attached hydrogens (primary N) is 1. The van der Waals surface area contributed by atoms with Crippen molar-refractivity contribution in [2.24, 2.45) is 0 Å². The van der Waals surface area contributed by atoms with E-state index in [0.717, 1.165) is 25.7 Å². The van der Waals surface area contributed by atoms with Crippen LogP contribution in [0.5, 0.6) is 0 Å². The van der Waals surface area contributed by atoms with Gasteiger partial charge in [0, 0.05) is 37.1 Å². The van der Waals surface area contributed by atoms with Crippen molar-refractivity contribution in [1.82, 2.24) is 4.90 Å². The first-order valence-corrected chi connectivity index (χ1v) is 7.67. The fraction of sp³-hybridized carbons (Fsp3) is 0.533. The number of rotatable bonds is 3. The van der Waals surface area contributed by atoms with Crippen LogP contribution in [0, 0.1) is 10.1 Å². The maximum Gasteiger partial charge on any atom is 0.411 e. The van der Waals surface area contributed by atoms with E-state index in [1.54, 1.807) is 0 Å². The molecule has 0 aliphatic carbocycles. The molecule has 124 valence electrons. The molecule has 2 heterocycles. The number of nitrogen functional groups attached to an aromatic ring is 1. The topological polar surface area (TPSA) is 111 Å². The first-order valence-electron chi connectivity index (χ1n) is 7.67. The number of hydrogen-bond donors (Lipinski definition) is 2. The lowest BCUT2D eigenvalue weighted by molar-refractivity contribution is -0.384. The van der Waals surface area contributed by atoms with Gasteiger partial charge in [0.25, 0.3) is 5.69 Å². The number of benzene rings is 1. The number of nitro benzene ring substituents is 1. The third-order valence-corrected chi connectivity index (χ3v) is 4.81. The average molecular weight is 320 g/mol. The van der Waals surface area contributed by atoms with Crippen molar-refractivity contribution < 1.29 is 14.5 Å². The van der Waals surface area contributed by atoms with Crippen molar-refractivity contribution in [2.75, 3.05) is 18.1 Å². The van der Waals surface area contributed by atoms with Gasteiger partial charge in [-0.15, -0.1) is 0 Å². The van der Waals surface area contributed by atoms with E-state index in [9.17, 15) is 14.9 Å². The molecule has 0 radical (unpaired) electrons. The number of piperidine rings is 1. The summed E-state index contributed by atoms with van der Waals surface area (Å²) in [6.45, 7) is 0. The highest BCUT2D eigenvalue weighted by atomic mass is 16.6. The van der Waals surface area contributed by atoms with Gasteiger partial charge in [-0.2, -0.15) is 0 Å². The van der Waals surface area contributed by atoms with Gasteiger partial charge in [0.05, 0.1) is 16.3 Å². The lowest BCUT2D eigenvalue weighted by atomic mass is 10.0. The molecule has 8 nitrogen and oxygen atoms in total. The zero-order chi connectivity index (χ0) is 16.6. The summed E-state index contributed by atoms with van der Waals surface area (Å²) in [7, 11) is 2.11. The first kappa shape index (κ1) is 15.5. The Balaban J connectivity index is 1.62. The largest absolute Gasteiger partial charge is 0.446 e. The highest BCUT2D eigenvalue weighted by Gasteiger charge is 2.39. The van der Waals surface area contributed by atoms with Crippen LogP contribution in [0.25, 0.3) is 0 Å². The van der Waals surface area contributed by atoms with E-state index in [2.05, 4.69) is 17.3 Å². The summed E-state index contributed by atoms with van der Waals surface area (Å²) in [5.41, 5.74) is 6.07. The molecule has 0 saturated carbocycles. The molecule has 2 fully saturated rings. The summed E-state index contributed by atoms with van der Waals surface area (Å²) < 4.78 is 5.48.